The molecule has 0 fully saturated rings. The number of fused-ring (bicyclic) bond motifs is 1. The molecule has 5 rings (SSSR count). The zero-order valence-corrected chi connectivity index (χ0v) is 27.9. The highest BCUT2D eigenvalue weighted by molar-refractivity contribution is 6.43. The molecule has 8 heteroatoms. The van der Waals surface area contributed by atoms with Crippen molar-refractivity contribution in [1.29, 1.82) is 0 Å². The molecule has 0 saturated heterocycles. The van der Waals surface area contributed by atoms with Crippen molar-refractivity contribution < 1.29 is 28.6 Å². The first-order valence-corrected chi connectivity index (χ1v) is 16.5. The number of hydrogen-bond acceptors (Lipinski definition) is 6. The van der Waals surface area contributed by atoms with Crippen LogP contribution in [-0.2, 0) is 35.4 Å². The van der Waals surface area contributed by atoms with E-state index in [1.165, 1.54) is 49.5 Å². The lowest BCUT2D eigenvalue weighted by molar-refractivity contribution is -0.138. The molecule has 0 unspecified atom stereocenters. The van der Waals surface area contributed by atoms with Crippen LogP contribution in [0.3, 0.4) is 0 Å². The molecule has 1 aliphatic rings. The number of benzene rings is 4. The van der Waals surface area contributed by atoms with Gasteiger partial charge in [-0.1, -0.05) is 84.9 Å². The highest BCUT2D eigenvalue weighted by Gasteiger charge is 2.38. The maximum absolute atomic E-state index is 14.2. The summed E-state index contributed by atoms with van der Waals surface area (Å²) < 4.78 is 16.2. The second kappa shape index (κ2) is 16.6. The first kappa shape index (κ1) is 34.2. The van der Waals surface area contributed by atoms with Crippen molar-refractivity contribution in [3.63, 3.8) is 0 Å². The predicted molar refractivity (Wildman–Crippen MR) is 186 cm³/mol. The number of rotatable bonds is 15. The fourth-order valence-corrected chi connectivity index (χ4v) is 6.42. The van der Waals surface area contributed by atoms with Crippen LogP contribution in [0.4, 0.5) is 0 Å². The molecule has 250 valence electrons. The van der Waals surface area contributed by atoms with E-state index in [2.05, 4.69) is 29.6 Å². The number of amides is 2. The van der Waals surface area contributed by atoms with Crippen LogP contribution in [0.15, 0.2) is 97.1 Å². The van der Waals surface area contributed by atoms with Crippen LogP contribution in [-0.4, -0.2) is 55.9 Å². The van der Waals surface area contributed by atoms with E-state index in [1.54, 1.807) is 0 Å². The second-order valence-electron chi connectivity index (χ2n) is 12.1. The highest BCUT2D eigenvalue weighted by Crippen LogP contribution is 2.38. The third-order valence-corrected chi connectivity index (χ3v) is 9.00. The van der Waals surface area contributed by atoms with Crippen LogP contribution in [0.1, 0.15) is 58.3 Å². The van der Waals surface area contributed by atoms with E-state index in [0.717, 1.165) is 49.7 Å². The molecule has 0 aliphatic carbocycles. The van der Waals surface area contributed by atoms with Crippen molar-refractivity contribution in [3.05, 3.63) is 125 Å². The fraction of sp³-hybridized carbons (Fsp3) is 0.325. The van der Waals surface area contributed by atoms with Gasteiger partial charge in [0.25, 0.3) is 11.7 Å². The minimum Gasteiger partial charge on any atom is -0.493 e. The van der Waals surface area contributed by atoms with Gasteiger partial charge in [-0.15, -0.1) is 0 Å². The van der Waals surface area contributed by atoms with Crippen molar-refractivity contribution in [2.24, 2.45) is 0 Å². The van der Waals surface area contributed by atoms with Gasteiger partial charge in [-0.05, 0) is 72.9 Å². The van der Waals surface area contributed by atoms with Gasteiger partial charge < -0.3 is 24.4 Å². The van der Waals surface area contributed by atoms with E-state index < -0.39 is 17.7 Å². The van der Waals surface area contributed by atoms with Crippen LogP contribution in [0.25, 0.3) is 0 Å². The fourth-order valence-electron chi connectivity index (χ4n) is 6.42. The zero-order valence-electron chi connectivity index (χ0n) is 27.9. The number of ketones is 1. The molecule has 1 N–H and O–H groups in total. The van der Waals surface area contributed by atoms with Gasteiger partial charge >= 0.3 is 0 Å². The summed E-state index contributed by atoms with van der Waals surface area (Å²) >= 11 is 0. The van der Waals surface area contributed by atoms with Crippen LogP contribution in [0.2, 0.25) is 0 Å². The van der Waals surface area contributed by atoms with Crippen LogP contribution in [0, 0.1) is 0 Å². The number of Topliss-reactive ketones (excluding diaryl/α,β-unsaturated/α-hetero) is 1. The third kappa shape index (κ3) is 8.42. The van der Waals surface area contributed by atoms with Gasteiger partial charge in [-0.2, -0.15) is 0 Å². The largest absolute Gasteiger partial charge is 0.493 e. The zero-order chi connectivity index (χ0) is 33.9. The molecule has 4 aromatic carbocycles. The van der Waals surface area contributed by atoms with Crippen molar-refractivity contribution in [2.75, 3.05) is 21.3 Å². The SMILES string of the molecule is COc1cc(C(=O)C(=O)N2Cc3ccccc3C[C@H]2C(=O)NC(CCCc2ccccc2)CCCc2ccccc2)cc(OC)c1OC. The molecular formula is C40H44N2O6. The molecule has 0 radical (unpaired) electrons. The maximum Gasteiger partial charge on any atom is 0.295 e. The molecule has 0 saturated carbocycles. The Morgan fingerprint density at radius 3 is 1.77 bits per heavy atom. The molecule has 4 aromatic rings. The number of nitrogens with zero attached hydrogens (tertiary/aromatic N) is 1. The van der Waals surface area contributed by atoms with Crippen molar-refractivity contribution in [3.8, 4) is 17.2 Å². The Morgan fingerprint density at radius 1 is 0.729 bits per heavy atom. The molecule has 0 aromatic heterocycles. The number of aryl methyl sites for hydroxylation is 2. The van der Waals surface area contributed by atoms with Crippen molar-refractivity contribution in [2.45, 2.75) is 63.6 Å². The summed E-state index contributed by atoms with van der Waals surface area (Å²) in [4.78, 5) is 43.3. The van der Waals surface area contributed by atoms with E-state index in [0.29, 0.717) is 12.2 Å². The summed E-state index contributed by atoms with van der Waals surface area (Å²) in [5, 5.41) is 3.30. The number of carbonyl (C=O) groups is 3. The summed E-state index contributed by atoms with van der Waals surface area (Å²) in [5.74, 6) is -0.920. The Kier molecular flexibility index (Phi) is 11.9. The van der Waals surface area contributed by atoms with Gasteiger partial charge in [-0.25, -0.2) is 0 Å². The first-order chi connectivity index (χ1) is 23.4. The standard InChI is InChI=1S/C40H44N2O6/c1-46-35-25-32(26-36(47-2)38(35)48-3)37(43)40(45)42-27-31-21-11-10-20-30(31)24-34(42)39(44)41-33(22-12-18-28-14-6-4-7-15-28)23-13-19-29-16-8-5-9-17-29/h4-11,14-17,20-21,25-26,33-34H,12-13,18-19,22-24,27H2,1-3H3,(H,41,44)/t34-/m0/s1. The van der Waals surface area contributed by atoms with Gasteiger partial charge in [0, 0.05) is 24.6 Å². The molecule has 1 atom stereocenters. The number of carbonyl (C=O) groups excluding carboxylic acids is 3. The molecule has 48 heavy (non-hydrogen) atoms. The highest BCUT2D eigenvalue weighted by atomic mass is 16.5. The Morgan fingerprint density at radius 2 is 1.25 bits per heavy atom. The summed E-state index contributed by atoms with van der Waals surface area (Å²) in [5.41, 5.74) is 4.52. The van der Waals surface area contributed by atoms with Gasteiger partial charge in [0.15, 0.2) is 11.5 Å². The average Bonchev–Trinajstić information content (AvgIpc) is 3.13. The topological polar surface area (TPSA) is 94.2 Å². The molecule has 2 amide bonds. The minimum atomic E-state index is -0.843. The van der Waals surface area contributed by atoms with Crippen LogP contribution >= 0.6 is 0 Å². The summed E-state index contributed by atoms with van der Waals surface area (Å²) in [6, 6.07) is 30.4. The molecule has 0 spiro atoms. The average molecular weight is 649 g/mol. The van der Waals surface area contributed by atoms with E-state index in [4.69, 9.17) is 14.2 Å². The van der Waals surface area contributed by atoms with Crippen LogP contribution in [0.5, 0.6) is 17.2 Å². The van der Waals surface area contributed by atoms with Crippen molar-refractivity contribution in [1.82, 2.24) is 10.2 Å². The summed E-state index contributed by atoms with van der Waals surface area (Å²) in [7, 11) is 4.37. The lowest BCUT2D eigenvalue weighted by atomic mass is 9.92. The van der Waals surface area contributed by atoms with Crippen LogP contribution < -0.4 is 19.5 Å². The third-order valence-electron chi connectivity index (χ3n) is 9.00. The van der Waals surface area contributed by atoms with Crippen molar-refractivity contribution >= 4 is 17.6 Å². The monoisotopic (exact) mass is 648 g/mol. The molecule has 1 heterocycles. The van der Waals surface area contributed by atoms with Gasteiger partial charge in [0.1, 0.15) is 6.04 Å². The smallest absolute Gasteiger partial charge is 0.295 e. The number of nitrogens with one attached hydrogen (secondary N) is 1. The predicted octanol–water partition coefficient (Wildman–Crippen LogP) is 6.38. The quantitative estimate of drug-likeness (QED) is 0.119. The molecular weight excluding hydrogens is 604 g/mol. The number of hydrogen-bond donors (Lipinski definition) is 1. The molecule has 1 aliphatic heterocycles. The first-order valence-electron chi connectivity index (χ1n) is 16.5. The second-order valence-corrected chi connectivity index (χ2v) is 12.1. The normalized spacial score (nSPS) is 13.8. The minimum absolute atomic E-state index is 0.0788. The van der Waals surface area contributed by atoms with E-state index >= 15 is 0 Å². The number of methoxy groups -OCH3 is 3. The molecule has 0 bridgehead atoms. The maximum atomic E-state index is 14.2. The Hall–Kier alpha value is -5.11. The number of ether oxygens (including phenoxy) is 3. The van der Waals surface area contributed by atoms with E-state index in [-0.39, 0.29) is 35.6 Å². The lowest BCUT2D eigenvalue weighted by Gasteiger charge is -2.36. The summed E-state index contributed by atoms with van der Waals surface area (Å²) in [6.45, 7) is 0.149. The Bertz CT molecular complexity index is 1620. The Balaban J connectivity index is 1.36. The van der Waals surface area contributed by atoms with Gasteiger partial charge in [0.05, 0.1) is 21.3 Å². The molecule has 8 nitrogen and oxygen atoms in total. The Labute approximate surface area is 283 Å². The van der Waals surface area contributed by atoms with Gasteiger partial charge in [-0.3, -0.25) is 14.4 Å². The van der Waals surface area contributed by atoms with Gasteiger partial charge in [0.2, 0.25) is 11.7 Å². The van der Waals surface area contributed by atoms with E-state index in [9.17, 15) is 14.4 Å². The summed E-state index contributed by atoms with van der Waals surface area (Å²) in [6.07, 6.45) is 5.57. The lowest BCUT2D eigenvalue weighted by Crippen LogP contribution is -2.55. The van der Waals surface area contributed by atoms with E-state index in [1.807, 2.05) is 60.7 Å².